The largest absolute Gasteiger partial charge is 0.465 e. The van der Waals surface area contributed by atoms with E-state index in [0.29, 0.717) is 18.4 Å². The number of rotatable bonds is 0. The van der Waals surface area contributed by atoms with Gasteiger partial charge in [0.2, 0.25) is 0 Å². The van der Waals surface area contributed by atoms with Crippen molar-refractivity contribution in [3.05, 3.63) is 0 Å². The highest BCUT2D eigenvalue weighted by molar-refractivity contribution is 5.70. The fourth-order valence-corrected chi connectivity index (χ4v) is 2.26. The molecule has 2 rings (SSSR count). The van der Waals surface area contributed by atoms with Gasteiger partial charge in [-0.15, -0.1) is 0 Å². The first-order chi connectivity index (χ1) is 5.31. The lowest BCUT2D eigenvalue weighted by Gasteiger charge is -2.31. The van der Waals surface area contributed by atoms with Gasteiger partial charge in [-0.05, 0) is 19.3 Å². The minimum Gasteiger partial charge on any atom is -0.465 e. The molecular formula is C9H14O2. The minimum atomic E-state index is 0.00234. The molecule has 2 nitrogen and oxygen atoms in total. The Balaban J connectivity index is 1.99. The number of carbonyl (C=O) groups excluding carboxylic acids is 1. The Hall–Kier alpha value is -0.530. The second kappa shape index (κ2) is 2.50. The van der Waals surface area contributed by atoms with Crippen molar-refractivity contribution in [1.82, 2.24) is 0 Å². The SMILES string of the molecule is O=C1CCC2(CCCC2)CO1. The predicted molar refractivity (Wildman–Crippen MR) is 41.1 cm³/mol. The third-order valence-corrected chi connectivity index (χ3v) is 3.06. The number of ether oxygens (including phenoxy) is 1. The molecule has 1 saturated heterocycles. The van der Waals surface area contributed by atoms with Gasteiger partial charge in [-0.25, -0.2) is 0 Å². The van der Waals surface area contributed by atoms with Crippen molar-refractivity contribution >= 4 is 5.97 Å². The zero-order valence-corrected chi connectivity index (χ0v) is 6.77. The second-order valence-corrected chi connectivity index (χ2v) is 3.87. The number of carbonyl (C=O) groups is 1. The average molecular weight is 154 g/mol. The summed E-state index contributed by atoms with van der Waals surface area (Å²) in [5.74, 6) is 0.00234. The van der Waals surface area contributed by atoms with Crippen LogP contribution >= 0.6 is 0 Å². The van der Waals surface area contributed by atoms with E-state index >= 15 is 0 Å². The first-order valence-electron chi connectivity index (χ1n) is 4.46. The van der Waals surface area contributed by atoms with Gasteiger partial charge < -0.3 is 4.74 Å². The predicted octanol–water partition coefficient (Wildman–Crippen LogP) is 1.88. The number of hydrogen-bond donors (Lipinski definition) is 0. The molecular weight excluding hydrogens is 140 g/mol. The highest BCUT2D eigenvalue weighted by Crippen LogP contribution is 2.44. The molecule has 1 heterocycles. The van der Waals surface area contributed by atoms with E-state index in [2.05, 4.69) is 0 Å². The molecule has 0 aromatic rings. The molecule has 2 fully saturated rings. The Morgan fingerprint density at radius 3 is 2.45 bits per heavy atom. The normalized spacial score (nSPS) is 28.9. The Morgan fingerprint density at radius 1 is 1.18 bits per heavy atom. The Labute approximate surface area is 66.9 Å². The zero-order chi connectivity index (χ0) is 7.73. The average Bonchev–Trinajstić information content (AvgIpc) is 2.45. The molecule has 0 aromatic heterocycles. The molecule has 1 aliphatic heterocycles. The van der Waals surface area contributed by atoms with E-state index in [9.17, 15) is 4.79 Å². The molecule has 1 aliphatic carbocycles. The summed E-state index contributed by atoms with van der Waals surface area (Å²) in [6.07, 6.45) is 6.95. The van der Waals surface area contributed by atoms with E-state index < -0.39 is 0 Å². The van der Waals surface area contributed by atoms with Gasteiger partial charge in [-0.3, -0.25) is 4.79 Å². The monoisotopic (exact) mass is 154 g/mol. The quantitative estimate of drug-likeness (QED) is 0.498. The zero-order valence-electron chi connectivity index (χ0n) is 6.77. The van der Waals surface area contributed by atoms with Crippen molar-refractivity contribution in [2.75, 3.05) is 6.61 Å². The summed E-state index contributed by atoms with van der Waals surface area (Å²) in [4.78, 5) is 10.8. The fraction of sp³-hybridized carbons (Fsp3) is 0.889. The van der Waals surface area contributed by atoms with Crippen molar-refractivity contribution in [2.24, 2.45) is 5.41 Å². The van der Waals surface area contributed by atoms with Gasteiger partial charge in [0.25, 0.3) is 0 Å². The van der Waals surface area contributed by atoms with Crippen LogP contribution in [0, 0.1) is 5.41 Å². The summed E-state index contributed by atoms with van der Waals surface area (Å²) in [6, 6.07) is 0. The van der Waals surface area contributed by atoms with Crippen molar-refractivity contribution in [1.29, 1.82) is 0 Å². The van der Waals surface area contributed by atoms with Crippen LogP contribution in [0.15, 0.2) is 0 Å². The second-order valence-electron chi connectivity index (χ2n) is 3.87. The summed E-state index contributed by atoms with van der Waals surface area (Å²) >= 11 is 0. The minimum absolute atomic E-state index is 0.00234. The van der Waals surface area contributed by atoms with E-state index in [1.165, 1.54) is 25.7 Å². The summed E-state index contributed by atoms with van der Waals surface area (Å²) in [7, 11) is 0. The maximum Gasteiger partial charge on any atom is 0.305 e. The van der Waals surface area contributed by atoms with Crippen LogP contribution < -0.4 is 0 Å². The number of cyclic esters (lactones) is 1. The standard InChI is InChI=1S/C9H14O2/c10-8-3-6-9(7-11-8)4-1-2-5-9/h1-7H2. The Bertz CT molecular complexity index is 156. The maximum absolute atomic E-state index is 10.8. The van der Waals surface area contributed by atoms with Gasteiger partial charge in [0, 0.05) is 11.8 Å². The van der Waals surface area contributed by atoms with E-state index in [-0.39, 0.29) is 5.97 Å². The highest BCUT2D eigenvalue weighted by atomic mass is 16.5. The van der Waals surface area contributed by atoms with E-state index in [4.69, 9.17) is 4.74 Å². The Kier molecular flexibility index (Phi) is 1.63. The van der Waals surface area contributed by atoms with Crippen molar-refractivity contribution in [2.45, 2.75) is 38.5 Å². The van der Waals surface area contributed by atoms with Crippen LogP contribution in [-0.2, 0) is 9.53 Å². The van der Waals surface area contributed by atoms with Crippen LogP contribution in [0.1, 0.15) is 38.5 Å². The lowest BCUT2D eigenvalue weighted by molar-refractivity contribution is -0.154. The van der Waals surface area contributed by atoms with Crippen LogP contribution in [0.3, 0.4) is 0 Å². The molecule has 2 aliphatic rings. The summed E-state index contributed by atoms with van der Waals surface area (Å²) in [5.41, 5.74) is 0.411. The molecule has 0 aromatic carbocycles. The summed E-state index contributed by atoms with van der Waals surface area (Å²) in [5, 5.41) is 0. The lowest BCUT2D eigenvalue weighted by atomic mass is 9.81. The summed E-state index contributed by atoms with van der Waals surface area (Å²) in [6.45, 7) is 0.700. The topological polar surface area (TPSA) is 26.3 Å². The van der Waals surface area contributed by atoms with Crippen LogP contribution in [0.4, 0.5) is 0 Å². The van der Waals surface area contributed by atoms with Gasteiger partial charge in [-0.1, -0.05) is 12.8 Å². The lowest BCUT2D eigenvalue weighted by Crippen LogP contribution is -2.31. The van der Waals surface area contributed by atoms with Gasteiger partial charge in [-0.2, -0.15) is 0 Å². The summed E-state index contributed by atoms with van der Waals surface area (Å²) < 4.78 is 5.08. The van der Waals surface area contributed by atoms with Gasteiger partial charge in [0.05, 0.1) is 6.61 Å². The molecule has 1 spiro atoms. The van der Waals surface area contributed by atoms with Crippen LogP contribution in [0.25, 0.3) is 0 Å². The van der Waals surface area contributed by atoms with E-state index in [1.54, 1.807) is 0 Å². The Morgan fingerprint density at radius 2 is 1.91 bits per heavy atom. The molecule has 0 unspecified atom stereocenters. The van der Waals surface area contributed by atoms with Gasteiger partial charge >= 0.3 is 5.97 Å². The molecule has 0 N–H and O–H groups in total. The van der Waals surface area contributed by atoms with Crippen molar-refractivity contribution < 1.29 is 9.53 Å². The van der Waals surface area contributed by atoms with E-state index in [1.807, 2.05) is 0 Å². The van der Waals surface area contributed by atoms with Crippen molar-refractivity contribution in [3.63, 3.8) is 0 Å². The fourth-order valence-electron chi connectivity index (χ4n) is 2.26. The smallest absolute Gasteiger partial charge is 0.305 e. The first-order valence-corrected chi connectivity index (χ1v) is 4.46. The third kappa shape index (κ3) is 1.26. The molecule has 0 atom stereocenters. The van der Waals surface area contributed by atoms with Gasteiger partial charge in [0.15, 0.2) is 0 Å². The maximum atomic E-state index is 10.8. The first kappa shape index (κ1) is 7.14. The van der Waals surface area contributed by atoms with Crippen LogP contribution in [-0.4, -0.2) is 12.6 Å². The van der Waals surface area contributed by atoms with Crippen LogP contribution in [0.5, 0.6) is 0 Å². The molecule has 2 heteroatoms. The molecule has 0 bridgehead atoms. The molecule has 1 saturated carbocycles. The van der Waals surface area contributed by atoms with Crippen LogP contribution in [0.2, 0.25) is 0 Å². The van der Waals surface area contributed by atoms with Crippen molar-refractivity contribution in [3.8, 4) is 0 Å². The van der Waals surface area contributed by atoms with E-state index in [0.717, 1.165) is 6.42 Å². The molecule has 0 amide bonds. The molecule has 62 valence electrons. The third-order valence-electron chi connectivity index (χ3n) is 3.06. The number of esters is 1. The molecule has 11 heavy (non-hydrogen) atoms. The van der Waals surface area contributed by atoms with Gasteiger partial charge in [0.1, 0.15) is 0 Å². The highest BCUT2D eigenvalue weighted by Gasteiger charge is 2.38. The number of hydrogen-bond acceptors (Lipinski definition) is 2. The molecule has 0 radical (unpaired) electrons.